The Balaban J connectivity index is 1.30. The van der Waals surface area contributed by atoms with Gasteiger partial charge in [0.25, 0.3) is 11.5 Å². The minimum absolute atomic E-state index is 0.0576. The van der Waals surface area contributed by atoms with Crippen LogP contribution in [0.15, 0.2) is 89.7 Å². The van der Waals surface area contributed by atoms with Crippen LogP contribution in [0.4, 0.5) is 0 Å². The third-order valence-corrected chi connectivity index (χ3v) is 6.70. The molecule has 3 aromatic carbocycles. The molecule has 0 bridgehead atoms. The molecular weight excluding hydrogens is 466 g/mol. The lowest BCUT2D eigenvalue weighted by Gasteiger charge is -2.35. The Morgan fingerprint density at radius 3 is 2.08 bits per heavy atom. The molecule has 0 N–H and O–H groups in total. The maximum absolute atomic E-state index is 13.5. The summed E-state index contributed by atoms with van der Waals surface area (Å²) < 4.78 is 1.25. The fourth-order valence-electron chi connectivity index (χ4n) is 4.64. The van der Waals surface area contributed by atoms with Crippen molar-refractivity contribution in [3.63, 3.8) is 0 Å². The van der Waals surface area contributed by atoms with E-state index in [1.165, 1.54) is 15.1 Å². The van der Waals surface area contributed by atoms with Crippen molar-refractivity contribution in [3.8, 4) is 5.69 Å². The van der Waals surface area contributed by atoms with Gasteiger partial charge in [-0.1, -0.05) is 66.7 Å². The van der Waals surface area contributed by atoms with Gasteiger partial charge in [-0.2, -0.15) is 9.78 Å². The number of piperazine rings is 1. The van der Waals surface area contributed by atoms with Crippen LogP contribution in [0, 0.1) is 0 Å². The Labute approximate surface area is 215 Å². The molecule has 0 spiro atoms. The zero-order valence-electron chi connectivity index (χ0n) is 20.8. The average molecular weight is 496 g/mol. The first-order chi connectivity index (χ1) is 18.0. The molecular formula is C29H29N5O3. The maximum Gasteiger partial charge on any atom is 0.279 e. The van der Waals surface area contributed by atoms with Crippen molar-refractivity contribution in [2.45, 2.75) is 6.54 Å². The van der Waals surface area contributed by atoms with Crippen molar-refractivity contribution >= 4 is 22.6 Å². The molecule has 2 heterocycles. The molecule has 1 saturated heterocycles. The van der Waals surface area contributed by atoms with Gasteiger partial charge in [0.1, 0.15) is 0 Å². The van der Waals surface area contributed by atoms with Crippen molar-refractivity contribution in [2.24, 2.45) is 0 Å². The van der Waals surface area contributed by atoms with E-state index in [1.807, 2.05) is 41.3 Å². The van der Waals surface area contributed by atoms with Gasteiger partial charge in [-0.3, -0.25) is 19.3 Å². The van der Waals surface area contributed by atoms with Crippen LogP contribution in [-0.2, 0) is 11.3 Å². The highest BCUT2D eigenvalue weighted by Gasteiger charge is 2.26. The van der Waals surface area contributed by atoms with E-state index < -0.39 is 5.91 Å². The van der Waals surface area contributed by atoms with Crippen molar-refractivity contribution in [3.05, 3.63) is 107 Å². The Bertz CT molecular complexity index is 1460. The van der Waals surface area contributed by atoms with E-state index in [4.69, 9.17) is 0 Å². The van der Waals surface area contributed by atoms with E-state index in [9.17, 15) is 14.4 Å². The summed E-state index contributed by atoms with van der Waals surface area (Å²) in [6, 6.07) is 26.2. The summed E-state index contributed by atoms with van der Waals surface area (Å²) in [6.45, 7) is 3.61. The summed E-state index contributed by atoms with van der Waals surface area (Å²) in [4.78, 5) is 45.2. The van der Waals surface area contributed by atoms with Crippen molar-refractivity contribution in [1.29, 1.82) is 0 Å². The quantitative estimate of drug-likeness (QED) is 0.411. The van der Waals surface area contributed by atoms with Crippen LogP contribution in [-0.4, -0.2) is 76.1 Å². The summed E-state index contributed by atoms with van der Waals surface area (Å²) in [5.41, 5.74) is 1.66. The predicted molar refractivity (Wildman–Crippen MR) is 143 cm³/mol. The minimum Gasteiger partial charge on any atom is -0.339 e. The molecule has 0 unspecified atom stereocenters. The summed E-state index contributed by atoms with van der Waals surface area (Å²) in [6.07, 6.45) is 0. The maximum atomic E-state index is 13.5. The van der Waals surface area contributed by atoms with Gasteiger partial charge in [0, 0.05) is 45.2 Å². The number of hydrogen-bond donors (Lipinski definition) is 0. The second-order valence-corrected chi connectivity index (χ2v) is 9.25. The van der Waals surface area contributed by atoms with E-state index in [0.717, 1.165) is 19.6 Å². The molecule has 0 radical (unpaired) electrons. The molecule has 4 aromatic rings. The SMILES string of the molecule is CN(CC(=O)N1CCN(Cc2ccccc2)CC1)C(=O)c1nn(-c2ccccc2)c(=O)c2ccccc12. The molecule has 0 saturated carbocycles. The molecule has 1 aliphatic heterocycles. The summed E-state index contributed by atoms with van der Waals surface area (Å²) in [7, 11) is 1.60. The first-order valence-electron chi connectivity index (χ1n) is 12.4. The van der Waals surface area contributed by atoms with E-state index in [1.54, 1.807) is 43.4 Å². The van der Waals surface area contributed by atoms with Crippen LogP contribution in [0.1, 0.15) is 16.1 Å². The van der Waals surface area contributed by atoms with Gasteiger partial charge in [-0.25, -0.2) is 0 Å². The number of carbonyl (C=O) groups excluding carboxylic acids is 2. The molecule has 188 valence electrons. The Morgan fingerprint density at radius 2 is 1.41 bits per heavy atom. The molecule has 37 heavy (non-hydrogen) atoms. The number of para-hydroxylation sites is 1. The second kappa shape index (κ2) is 10.8. The Hall–Kier alpha value is -4.30. The fourth-order valence-corrected chi connectivity index (χ4v) is 4.64. The lowest BCUT2D eigenvalue weighted by Crippen LogP contribution is -2.51. The van der Waals surface area contributed by atoms with E-state index >= 15 is 0 Å². The Morgan fingerprint density at radius 1 is 0.811 bits per heavy atom. The fraction of sp³-hybridized carbons (Fsp3) is 0.241. The van der Waals surface area contributed by atoms with Crippen LogP contribution >= 0.6 is 0 Å². The number of likely N-dealkylation sites (N-methyl/N-ethyl adjacent to an activating group) is 1. The number of amides is 2. The van der Waals surface area contributed by atoms with Gasteiger partial charge in [-0.15, -0.1) is 0 Å². The van der Waals surface area contributed by atoms with E-state index in [-0.39, 0.29) is 23.7 Å². The van der Waals surface area contributed by atoms with Crippen molar-refractivity contribution < 1.29 is 9.59 Å². The molecule has 0 aliphatic carbocycles. The van der Waals surface area contributed by atoms with Crippen molar-refractivity contribution in [2.75, 3.05) is 39.8 Å². The molecule has 5 rings (SSSR count). The topological polar surface area (TPSA) is 78.8 Å². The number of hydrogen-bond acceptors (Lipinski definition) is 5. The van der Waals surface area contributed by atoms with Crippen LogP contribution < -0.4 is 5.56 Å². The standard InChI is InChI=1S/C29H29N5O3/c1-31(21-26(35)33-18-16-32(17-19-33)20-22-10-4-2-5-11-22)29(37)27-24-14-8-9-15-25(24)28(36)34(30-27)23-12-6-3-7-13-23/h2-15H,16-21H2,1H3. The molecule has 0 atom stereocenters. The lowest BCUT2D eigenvalue weighted by atomic mass is 10.1. The first-order valence-corrected chi connectivity index (χ1v) is 12.4. The first kappa shape index (κ1) is 24.4. The van der Waals surface area contributed by atoms with Crippen molar-refractivity contribution in [1.82, 2.24) is 24.5 Å². The third-order valence-electron chi connectivity index (χ3n) is 6.70. The van der Waals surface area contributed by atoms with E-state index in [0.29, 0.717) is 29.5 Å². The number of nitrogens with zero attached hydrogens (tertiary/aromatic N) is 5. The van der Waals surface area contributed by atoms with Crippen LogP contribution in [0.3, 0.4) is 0 Å². The third kappa shape index (κ3) is 5.29. The molecule has 8 nitrogen and oxygen atoms in total. The van der Waals surface area contributed by atoms with Gasteiger partial charge in [-0.05, 0) is 23.8 Å². The largest absolute Gasteiger partial charge is 0.339 e. The average Bonchev–Trinajstić information content (AvgIpc) is 2.94. The summed E-state index contributed by atoms with van der Waals surface area (Å²) in [5.74, 6) is -0.507. The zero-order chi connectivity index (χ0) is 25.8. The van der Waals surface area contributed by atoms with Gasteiger partial charge < -0.3 is 9.80 Å². The number of fused-ring (bicyclic) bond motifs is 1. The van der Waals surface area contributed by atoms with E-state index in [2.05, 4.69) is 22.1 Å². The molecule has 8 heteroatoms. The van der Waals surface area contributed by atoms with Gasteiger partial charge in [0.05, 0.1) is 17.6 Å². The molecule has 2 amide bonds. The predicted octanol–water partition coefficient (Wildman–Crippen LogP) is 2.80. The number of aromatic nitrogens is 2. The highest BCUT2D eigenvalue weighted by atomic mass is 16.2. The highest BCUT2D eigenvalue weighted by molar-refractivity contribution is 6.05. The van der Waals surface area contributed by atoms with Crippen LogP contribution in [0.25, 0.3) is 16.5 Å². The normalized spacial score (nSPS) is 14.0. The van der Waals surface area contributed by atoms with Crippen LogP contribution in [0.5, 0.6) is 0 Å². The smallest absolute Gasteiger partial charge is 0.279 e. The molecule has 1 fully saturated rings. The Kier molecular flexibility index (Phi) is 7.09. The zero-order valence-corrected chi connectivity index (χ0v) is 20.8. The lowest BCUT2D eigenvalue weighted by molar-refractivity contribution is -0.133. The summed E-state index contributed by atoms with van der Waals surface area (Å²) >= 11 is 0. The van der Waals surface area contributed by atoms with Crippen LogP contribution in [0.2, 0.25) is 0 Å². The summed E-state index contributed by atoms with van der Waals surface area (Å²) in [5, 5.41) is 5.32. The number of benzene rings is 3. The van der Waals surface area contributed by atoms with Gasteiger partial charge in [0.15, 0.2) is 5.69 Å². The minimum atomic E-state index is -0.406. The number of carbonyl (C=O) groups is 2. The monoisotopic (exact) mass is 495 g/mol. The van der Waals surface area contributed by atoms with Gasteiger partial charge >= 0.3 is 0 Å². The van der Waals surface area contributed by atoms with Gasteiger partial charge in [0.2, 0.25) is 5.91 Å². The number of rotatable bonds is 6. The highest BCUT2D eigenvalue weighted by Crippen LogP contribution is 2.17. The molecule has 1 aliphatic rings. The second-order valence-electron chi connectivity index (χ2n) is 9.25. The molecule has 1 aromatic heterocycles.